The fourth-order valence-corrected chi connectivity index (χ4v) is 1.45. The number of hydrogen-bond donors (Lipinski definition) is 1. The third kappa shape index (κ3) is 1.70. The zero-order valence-corrected chi connectivity index (χ0v) is 6.96. The molecule has 0 aliphatic carbocycles. The second-order valence-electron chi connectivity index (χ2n) is 3.10. The normalized spacial score (nSPS) is 22.8. The van der Waals surface area contributed by atoms with Crippen molar-refractivity contribution in [2.24, 2.45) is 0 Å². The van der Waals surface area contributed by atoms with E-state index in [2.05, 4.69) is 10.3 Å². The summed E-state index contributed by atoms with van der Waals surface area (Å²) in [5.74, 6) is 0.591. The van der Waals surface area contributed by atoms with Crippen LogP contribution in [0.25, 0.3) is 0 Å². The standard InChI is InChI=1S/C8H10F2N2O/c9-7(10)6-4-13-8(12-6)5-1-2-11-3-5/h4-5,7,11H,1-3H2. The van der Waals surface area contributed by atoms with E-state index in [0.29, 0.717) is 5.89 Å². The van der Waals surface area contributed by atoms with E-state index in [9.17, 15) is 8.78 Å². The van der Waals surface area contributed by atoms with Gasteiger partial charge >= 0.3 is 0 Å². The Morgan fingerprint density at radius 2 is 2.46 bits per heavy atom. The maximum Gasteiger partial charge on any atom is 0.283 e. The van der Waals surface area contributed by atoms with Crippen LogP contribution in [0.3, 0.4) is 0 Å². The maximum absolute atomic E-state index is 12.1. The predicted octanol–water partition coefficient (Wildman–Crippen LogP) is 1.69. The molecule has 0 radical (unpaired) electrons. The van der Waals surface area contributed by atoms with Gasteiger partial charge < -0.3 is 9.73 Å². The highest BCUT2D eigenvalue weighted by molar-refractivity contribution is 5.04. The molecule has 1 aliphatic heterocycles. The lowest BCUT2D eigenvalue weighted by Crippen LogP contribution is -2.08. The van der Waals surface area contributed by atoms with E-state index in [0.717, 1.165) is 25.8 Å². The number of alkyl halides is 2. The first-order valence-corrected chi connectivity index (χ1v) is 4.21. The van der Waals surface area contributed by atoms with Crippen LogP contribution >= 0.6 is 0 Å². The number of halogens is 2. The van der Waals surface area contributed by atoms with Crippen LogP contribution in [0.5, 0.6) is 0 Å². The third-order valence-electron chi connectivity index (χ3n) is 2.17. The molecule has 1 N–H and O–H groups in total. The van der Waals surface area contributed by atoms with E-state index < -0.39 is 6.43 Å². The highest BCUT2D eigenvalue weighted by Crippen LogP contribution is 2.24. The molecular formula is C8H10F2N2O. The molecule has 1 aromatic heterocycles. The van der Waals surface area contributed by atoms with Crippen molar-refractivity contribution >= 4 is 0 Å². The summed E-state index contributed by atoms with van der Waals surface area (Å²) in [7, 11) is 0. The smallest absolute Gasteiger partial charge is 0.283 e. The molecule has 1 saturated heterocycles. The number of nitrogens with zero attached hydrogens (tertiary/aromatic N) is 1. The van der Waals surface area contributed by atoms with Crippen molar-refractivity contribution in [1.29, 1.82) is 0 Å². The number of nitrogens with one attached hydrogen (secondary N) is 1. The first-order chi connectivity index (χ1) is 6.27. The zero-order valence-electron chi connectivity index (χ0n) is 6.96. The van der Waals surface area contributed by atoms with Crippen molar-refractivity contribution in [3.05, 3.63) is 17.8 Å². The van der Waals surface area contributed by atoms with Gasteiger partial charge in [-0.25, -0.2) is 13.8 Å². The van der Waals surface area contributed by atoms with Crippen LogP contribution in [0.4, 0.5) is 8.78 Å². The summed E-state index contributed by atoms with van der Waals surface area (Å²) in [6.07, 6.45) is -0.589. The molecule has 0 spiro atoms. The fourth-order valence-electron chi connectivity index (χ4n) is 1.45. The van der Waals surface area contributed by atoms with Gasteiger partial charge in [-0.3, -0.25) is 0 Å². The fraction of sp³-hybridized carbons (Fsp3) is 0.625. The second-order valence-corrected chi connectivity index (χ2v) is 3.10. The van der Waals surface area contributed by atoms with Crippen LogP contribution in [-0.4, -0.2) is 18.1 Å². The molecule has 0 bridgehead atoms. The van der Waals surface area contributed by atoms with Gasteiger partial charge in [0.05, 0.1) is 0 Å². The van der Waals surface area contributed by atoms with E-state index in [4.69, 9.17) is 4.42 Å². The van der Waals surface area contributed by atoms with Crippen LogP contribution < -0.4 is 5.32 Å². The summed E-state index contributed by atoms with van der Waals surface area (Å²) < 4.78 is 29.2. The predicted molar refractivity (Wildman–Crippen MR) is 41.7 cm³/mol. The van der Waals surface area contributed by atoms with Crippen LogP contribution in [0.15, 0.2) is 10.7 Å². The molecular weight excluding hydrogens is 178 g/mol. The second kappa shape index (κ2) is 3.41. The Kier molecular flexibility index (Phi) is 2.26. The number of oxazole rings is 1. The van der Waals surface area contributed by atoms with Gasteiger partial charge in [-0.2, -0.15) is 0 Å². The summed E-state index contributed by atoms with van der Waals surface area (Å²) in [5.41, 5.74) is -0.262. The molecule has 0 saturated carbocycles. The highest BCUT2D eigenvalue weighted by Gasteiger charge is 2.23. The highest BCUT2D eigenvalue weighted by atomic mass is 19.3. The SMILES string of the molecule is FC(F)c1coc(C2CCNC2)n1. The van der Waals surface area contributed by atoms with Gasteiger partial charge in [-0.1, -0.05) is 0 Å². The van der Waals surface area contributed by atoms with E-state index in [1.165, 1.54) is 0 Å². The van der Waals surface area contributed by atoms with Crippen LogP contribution in [0, 0.1) is 0 Å². The van der Waals surface area contributed by atoms with Gasteiger partial charge in [0.15, 0.2) is 5.89 Å². The summed E-state index contributed by atoms with van der Waals surface area (Å²) >= 11 is 0. The quantitative estimate of drug-likeness (QED) is 0.767. The summed E-state index contributed by atoms with van der Waals surface area (Å²) in [6, 6.07) is 0. The lowest BCUT2D eigenvalue weighted by Gasteiger charge is -1.99. The van der Waals surface area contributed by atoms with E-state index in [1.807, 2.05) is 0 Å². The Bertz CT molecular complexity index is 281. The van der Waals surface area contributed by atoms with Crippen LogP contribution in [0.1, 0.15) is 30.3 Å². The van der Waals surface area contributed by atoms with Gasteiger partial charge in [0, 0.05) is 12.5 Å². The van der Waals surface area contributed by atoms with Crippen molar-refractivity contribution < 1.29 is 13.2 Å². The molecule has 72 valence electrons. The molecule has 0 aromatic carbocycles. The summed E-state index contributed by atoms with van der Waals surface area (Å²) in [6.45, 7) is 1.67. The average Bonchev–Trinajstić information content (AvgIpc) is 2.75. The summed E-state index contributed by atoms with van der Waals surface area (Å²) in [4.78, 5) is 3.74. The first kappa shape index (κ1) is 8.62. The average molecular weight is 188 g/mol. The minimum absolute atomic E-state index is 0.160. The molecule has 1 atom stereocenters. The van der Waals surface area contributed by atoms with Gasteiger partial charge in [-0.05, 0) is 13.0 Å². The van der Waals surface area contributed by atoms with Gasteiger partial charge in [0.1, 0.15) is 12.0 Å². The van der Waals surface area contributed by atoms with Crippen LogP contribution in [0.2, 0.25) is 0 Å². The van der Waals surface area contributed by atoms with Crippen molar-refractivity contribution in [1.82, 2.24) is 10.3 Å². The van der Waals surface area contributed by atoms with E-state index >= 15 is 0 Å². The molecule has 2 heterocycles. The van der Waals surface area contributed by atoms with E-state index in [1.54, 1.807) is 0 Å². The third-order valence-corrected chi connectivity index (χ3v) is 2.17. The minimum atomic E-state index is -2.54. The molecule has 13 heavy (non-hydrogen) atoms. The monoisotopic (exact) mass is 188 g/mol. The minimum Gasteiger partial charge on any atom is -0.448 e. The molecule has 5 heteroatoms. The molecule has 1 aliphatic rings. The molecule has 3 nitrogen and oxygen atoms in total. The Morgan fingerprint density at radius 3 is 3.00 bits per heavy atom. The van der Waals surface area contributed by atoms with Gasteiger partial charge in [0.2, 0.25) is 0 Å². The molecule has 2 rings (SSSR count). The Labute approximate surface area is 74.1 Å². The topological polar surface area (TPSA) is 38.1 Å². The van der Waals surface area contributed by atoms with Crippen molar-refractivity contribution in [3.63, 3.8) is 0 Å². The van der Waals surface area contributed by atoms with Crippen molar-refractivity contribution in [2.45, 2.75) is 18.8 Å². The first-order valence-electron chi connectivity index (χ1n) is 4.21. The molecule has 1 unspecified atom stereocenters. The molecule has 0 amide bonds. The zero-order chi connectivity index (χ0) is 9.26. The lowest BCUT2D eigenvalue weighted by molar-refractivity contribution is 0.146. The summed E-state index contributed by atoms with van der Waals surface area (Å²) in [5, 5.41) is 3.12. The van der Waals surface area contributed by atoms with E-state index in [-0.39, 0.29) is 11.6 Å². The van der Waals surface area contributed by atoms with Crippen molar-refractivity contribution in [2.75, 3.05) is 13.1 Å². The van der Waals surface area contributed by atoms with Crippen LogP contribution in [-0.2, 0) is 0 Å². The van der Waals surface area contributed by atoms with Gasteiger partial charge in [-0.15, -0.1) is 0 Å². The number of hydrogen-bond acceptors (Lipinski definition) is 3. The molecule has 1 fully saturated rings. The molecule has 1 aromatic rings. The Balaban J connectivity index is 2.12. The number of aromatic nitrogens is 1. The Morgan fingerprint density at radius 1 is 1.62 bits per heavy atom. The van der Waals surface area contributed by atoms with Crippen molar-refractivity contribution in [3.8, 4) is 0 Å². The Hall–Kier alpha value is -0.970. The number of rotatable bonds is 2. The lowest BCUT2D eigenvalue weighted by atomic mass is 10.1. The largest absolute Gasteiger partial charge is 0.448 e. The maximum atomic E-state index is 12.1. The van der Waals surface area contributed by atoms with Gasteiger partial charge in [0.25, 0.3) is 6.43 Å².